The number of carbonyl (C=O) groups is 3. The molecular weight excluding hydrogens is 400 g/mol. The minimum Gasteiger partial charge on any atom is -0.481 e. The third-order valence-corrected chi connectivity index (χ3v) is 9.95. The van der Waals surface area contributed by atoms with Gasteiger partial charge in [-0.2, -0.15) is 0 Å². The van der Waals surface area contributed by atoms with Crippen LogP contribution in [0.3, 0.4) is 0 Å². The van der Waals surface area contributed by atoms with Crippen molar-refractivity contribution in [3.05, 3.63) is 11.6 Å². The lowest BCUT2D eigenvalue weighted by Crippen LogP contribution is -2.63. The fourth-order valence-electron chi connectivity index (χ4n) is 8.22. The fraction of sp³-hybridized carbons (Fsp3) is 0.792. The number of carboxylic acid groups (broad SMARTS) is 1. The molecule has 4 aliphatic carbocycles. The highest BCUT2D eigenvalue weighted by atomic mass is 16.6. The molecule has 5 rings (SSSR count). The molecule has 1 unspecified atom stereocenters. The van der Waals surface area contributed by atoms with Gasteiger partial charge in [-0.25, -0.2) is 0 Å². The molecule has 1 aliphatic heterocycles. The van der Waals surface area contributed by atoms with Gasteiger partial charge in [-0.3, -0.25) is 14.4 Å². The van der Waals surface area contributed by atoms with Gasteiger partial charge in [0.1, 0.15) is 5.60 Å². The Morgan fingerprint density at radius 1 is 1.29 bits per heavy atom. The minimum absolute atomic E-state index is 0.0325. The van der Waals surface area contributed by atoms with Gasteiger partial charge in [0, 0.05) is 29.6 Å². The molecule has 0 bridgehead atoms. The zero-order valence-corrected chi connectivity index (χ0v) is 18.5. The molecule has 1 spiro atoms. The normalized spacial score (nSPS) is 49.8. The Hall–Kier alpha value is -1.73. The molecule has 8 atom stereocenters. The topological polar surface area (TPSA) is 113 Å². The molecule has 0 amide bonds. The summed E-state index contributed by atoms with van der Waals surface area (Å²) >= 11 is 0. The fourth-order valence-corrected chi connectivity index (χ4v) is 8.22. The number of aliphatic carboxylic acids is 1. The van der Waals surface area contributed by atoms with Gasteiger partial charge < -0.3 is 19.7 Å². The van der Waals surface area contributed by atoms with Crippen LogP contribution in [-0.2, 0) is 23.9 Å². The molecule has 7 heteroatoms. The Balaban J connectivity index is 1.59. The molecule has 4 fully saturated rings. The van der Waals surface area contributed by atoms with Crippen molar-refractivity contribution in [3.63, 3.8) is 0 Å². The van der Waals surface area contributed by atoms with Crippen LogP contribution in [0.15, 0.2) is 11.6 Å². The first kappa shape index (κ1) is 21.1. The first-order chi connectivity index (χ1) is 14.5. The summed E-state index contributed by atoms with van der Waals surface area (Å²) in [6.07, 6.45) is 5.35. The molecule has 1 saturated heterocycles. The number of ether oxygens (including phenoxy) is 2. The zero-order valence-electron chi connectivity index (χ0n) is 18.5. The van der Waals surface area contributed by atoms with E-state index in [2.05, 4.69) is 13.8 Å². The minimum atomic E-state index is -1.09. The Bertz CT molecular complexity index is 894. The third-order valence-electron chi connectivity index (χ3n) is 9.95. The second kappa shape index (κ2) is 6.41. The number of aliphatic hydroxyl groups is 1. The maximum absolute atomic E-state index is 13.0. The summed E-state index contributed by atoms with van der Waals surface area (Å²) in [7, 11) is 1.40. The summed E-state index contributed by atoms with van der Waals surface area (Å²) in [5.74, 6) is -1.60. The number of ketones is 1. The first-order valence-electron chi connectivity index (χ1n) is 11.5. The van der Waals surface area contributed by atoms with Gasteiger partial charge in [0.2, 0.25) is 0 Å². The average Bonchev–Trinajstić information content (AvgIpc) is 3.38. The summed E-state index contributed by atoms with van der Waals surface area (Å²) < 4.78 is 11.7. The van der Waals surface area contributed by atoms with Crippen LogP contribution < -0.4 is 0 Å². The quantitative estimate of drug-likeness (QED) is 0.519. The Morgan fingerprint density at radius 2 is 2.03 bits per heavy atom. The van der Waals surface area contributed by atoms with Crippen molar-refractivity contribution in [2.24, 2.45) is 28.6 Å². The number of esters is 1. The SMILES string of the molecule is COC(=O)[C@@H]1CC2=CC(=O)CC[C@]2(C)C23O[C@@H]2C[C@@]2(C)[C@@H](CC[C@]2(O)CCC(=O)O)[C@H]13. The van der Waals surface area contributed by atoms with E-state index >= 15 is 0 Å². The molecule has 7 nitrogen and oxygen atoms in total. The van der Waals surface area contributed by atoms with Gasteiger partial charge in [-0.1, -0.05) is 19.4 Å². The van der Waals surface area contributed by atoms with E-state index in [1.807, 2.05) is 0 Å². The van der Waals surface area contributed by atoms with Gasteiger partial charge in [-0.05, 0) is 50.5 Å². The lowest BCUT2D eigenvalue weighted by molar-refractivity contribution is -0.163. The largest absolute Gasteiger partial charge is 0.481 e. The maximum atomic E-state index is 13.0. The Kier molecular flexibility index (Phi) is 4.37. The van der Waals surface area contributed by atoms with Crippen molar-refractivity contribution in [2.45, 2.75) is 82.5 Å². The summed E-state index contributed by atoms with van der Waals surface area (Å²) in [5.41, 5.74) is -1.43. The van der Waals surface area contributed by atoms with E-state index in [9.17, 15) is 24.6 Å². The van der Waals surface area contributed by atoms with Gasteiger partial charge >= 0.3 is 11.9 Å². The van der Waals surface area contributed by atoms with Crippen molar-refractivity contribution >= 4 is 17.7 Å². The molecule has 0 radical (unpaired) electrons. The van der Waals surface area contributed by atoms with E-state index in [0.717, 1.165) is 12.0 Å². The standard InChI is InChI=1S/C24H32O7/c1-21-7-4-14(25)10-13(21)11-15(20(28)30-3)19-16-5-8-23(29,9-6-18(26)27)22(16,2)12-17-24(19,21)31-17/h10,15-17,19,29H,4-9,11-12H2,1-3H3,(H,26,27)/t15-,16+,17-,19+,21+,22+,23+,24?/m1/s1. The number of fused-ring (bicyclic) bond motifs is 3. The number of methoxy groups -OCH3 is 1. The van der Waals surface area contributed by atoms with Crippen molar-refractivity contribution in [1.29, 1.82) is 0 Å². The molecule has 0 aromatic rings. The number of carboxylic acids is 1. The molecule has 31 heavy (non-hydrogen) atoms. The lowest BCUT2D eigenvalue weighted by atomic mass is 9.43. The predicted molar refractivity (Wildman–Crippen MR) is 109 cm³/mol. The van der Waals surface area contributed by atoms with Crippen LogP contribution in [0, 0.1) is 28.6 Å². The van der Waals surface area contributed by atoms with Gasteiger partial charge in [0.25, 0.3) is 0 Å². The number of hydrogen-bond donors (Lipinski definition) is 2. The second-order valence-electron chi connectivity index (χ2n) is 10.9. The molecule has 2 N–H and O–H groups in total. The molecule has 5 aliphatic rings. The summed E-state index contributed by atoms with van der Waals surface area (Å²) in [6.45, 7) is 4.24. The third kappa shape index (κ3) is 2.50. The number of rotatable bonds is 4. The smallest absolute Gasteiger partial charge is 0.309 e. The maximum Gasteiger partial charge on any atom is 0.309 e. The summed E-state index contributed by atoms with van der Waals surface area (Å²) in [4.78, 5) is 36.4. The Morgan fingerprint density at radius 3 is 2.71 bits per heavy atom. The van der Waals surface area contributed by atoms with E-state index in [0.29, 0.717) is 32.1 Å². The highest BCUT2D eigenvalue weighted by Crippen LogP contribution is 2.77. The van der Waals surface area contributed by atoms with Gasteiger partial charge in [0.05, 0.1) is 24.7 Å². The average molecular weight is 433 g/mol. The first-order valence-corrected chi connectivity index (χ1v) is 11.5. The number of epoxide rings is 1. The van der Waals surface area contributed by atoms with Gasteiger partial charge in [-0.15, -0.1) is 0 Å². The van der Waals surface area contributed by atoms with Gasteiger partial charge in [0.15, 0.2) is 5.78 Å². The van der Waals surface area contributed by atoms with Crippen LogP contribution in [0.5, 0.6) is 0 Å². The van der Waals surface area contributed by atoms with Crippen LogP contribution in [0.2, 0.25) is 0 Å². The molecule has 3 saturated carbocycles. The monoisotopic (exact) mass is 432 g/mol. The molecule has 0 aromatic heterocycles. The van der Waals surface area contributed by atoms with E-state index in [4.69, 9.17) is 9.47 Å². The molecule has 1 heterocycles. The van der Waals surface area contributed by atoms with Crippen LogP contribution in [-0.4, -0.2) is 52.4 Å². The van der Waals surface area contributed by atoms with E-state index < -0.39 is 28.5 Å². The summed E-state index contributed by atoms with van der Waals surface area (Å²) in [5, 5.41) is 20.9. The molecule has 0 aromatic carbocycles. The second-order valence-corrected chi connectivity index (χ2v) is 10.9. The van der Waals surface area contributed by atoms with Crippen molar-refractivity contribution < 1.29 is 34.1 Å². The predicted octanol–water partition coefficient (Wildman–Crippen LogP) is 2.64. The van der Waals surface area contributed by atoms with Crippen molar-refractivity contribution in [1.82, 2.24) is 0 Å². The van der Waals surface area contributed by atoms with E-state index in [1.165, 1.54) is 7.11 Å². The highest BCUT2D eigenvalue weighted by molar-refractivity contribution is 5.92. The van der Waals surface area contributed by atoms with Crippen molar-refractivity contribution in [3.8, 4) is 0 Å². The Labute approximate surface area is 182 Å². The van der Waals surface area contributed by atoms with Crippen LogP contribution >= 0.6 is 0 Å². The van der Waals surface area contributed by atoms with E-state index in [-0.39, 0.29) is 47.9 Å². The molecule has 170 valence electrons. The van der Waals surface area contributed by atoms with Crippen LogP contribution in [0.4, 0.5) is 0 Å². The van der Waals surface area contributed by atoms with E-state index in [1.54, 1.807) is 6.08 Å². The summed E-state index contributed by atoms with van der Waals surface area (Å²) in [6, 6.07) is 0. The zero-order chi connectivity index (χ0) is 22.4. The van der Waals surface area contributed by atoms with Crippen LogP contribution in [0.1, 0.15) is 65.2 Å². The van der Waals surface area contributed by atoms with Crippen molar-refractivity contribution in [2.75, 3.05) is 7.11 Å². The molecular formula is C24H32O7. The number of carbonyl (C=O) groups excluding carboxylic acids is 2. The lowest BCUT2D eigenvalue weighted by Gasteiger charge is -2.58. The highest BCUT2D eigenvalue weighted by Gasteiger charge is 2.82. The van der Waals surface area contributed by atoms with Crippen LogP contribution in [0.25, 0.3) is 0 Å². The number of hydrogen-bond acceptors (Lipinski definition) is 6.